The lowest BCUT2D eigenvalue weighted by molar-refractivity contribution is -0.137. The molecule has 4 N–H and O–H groups in total. The molecule has 0 spiro atoms. The SMILES string of the molecule is CC[C@H](C)NC(=O)[C@H]1C[C@@H](n2cnc3c(N[C@H]4CCN(c5ccc(C(F)(F)F)cn5)C4)ncnc32)[C@H](O)[C@@H]1O. The number of rotatable bonds is 7. The van der Waals surface area contributed by atoms with Crippen LogP contribution in [0.3, 0.4) is 0 Å². The Kier molecular flexibility index (Phi) is 7.33. The number of imidazole rings is 1. The molecular weight excluding hydrogens is 517 g/mol. The van der Waals surface area contributed by atoms with E-state index in [1.165, 1.54) is 18.7 Å². The number of carbonyl (C=O) groups excluding carboxylic acids is 1. The summed E-state index contributed by atoms with van der Waals surface area (Å²) in [6.45, 7) is 4.94. The van der Waals surface area contributed by atoms with E-state index in [4.69, 9.17) is 0 Å². The molecule has 1 aliphatic heterocycles. The molecule has 210 valence electrons. The smallest absolute Gasteiger partial charge is 0.390 e. The van der Waals surface area contributed by atoms with Crippen LogP contribution >= 0.6 is 0 Å². The Bertz CT molecular complexity index is 1320. The molecule has 1 saturated heterocycles. The number of halogens is 3. The van der Waals surface area contributed by atoms with Crippen LogP contribution in [0.1, 0.15) is 44.7 Å². The Morgan fingerprint density at radius 1 is 1.18 bits per heavy atom. The molecule has 0 radical (unpaired) electrons. The maximum Gasteiger partial charge on any atom is 0.417 e. The highest BCUT2D eigenvalue weighted by atomic mass is 19.4. The van der Waals surface area contributed by atoms with E-state index in [2.05, 4.69) is 30.6 Å². The minimum atomic E-state index is -4.43. The van der Waals surface area contributed by atoms with E-state index in [1.54, 1.807) is 4.57 Å². The number of alkyl halides is 3. The number of carbonyl (C=O) groups is 1. The molecule has 39 heavy (non-hydrogen) atoms. The van der Waals surface area contributed by atoms with Crippen molar-refractivity contribution >= 4 is 28.7 Å². The molecule has 11 nitrogen and oxygen atoms in total. The van der Waals surface area contributed by atoms with Crippen molar-refractivity contribution in [2.75, 3.05) is 23.3 Å². The van der Waals surface area contributed by atoms with Crippen LogP contribution in [0.4, 0.5) is 24.8 Å². The number of fused-ring (bicyclic) bond motifs is 1. The van der Waals surface area contributed by atoms with E-state index in [9.17, 15) is 28.2 Å². The molecule has 1 saturated carbocycles. The number of hydrogen-bond acceptors (Lipinski definition) is 9. The lowest BCUT2D eigenvalue weighted by Crippen LogP contribution is -2.41. The first-order valence-electron chi connectivity index (χ1n) is 13.0. The molecule has 2 aliphatic rings. The third-order valence-corrected chi connectivity index (χ3v) is 7.63. The zero-order valence-electron chi connectivity index (χ0n) is 21.5. The molecule has 5 rings (SSSR count). The van der Waals surface area contributed by atoms with Gasteiger partial charge < -0.3 is 30.3 Å². The van der Waals surface area contributed by atoms with Crippen molar-refractivity contribution in [2.24, 2.45) is 5.92 Å². The Morgan fingerprint density at radius 2 is 1.97 bits per heavy atom. The Morgan fingerprint density at radius 3 is 2.67 bits per heavy atom. The fraction of sp³-hybridized carbons (Fsp3) is 0.560. The number of aliphatic hydroxyl groups excluding tert-OH is 2. The summed E-state index contributed by atoms with van der Waals surface area (Å²) in [7, 11) is 0. The zero-order valence-corrected chi connectivity index (χ0v) is 21.5. The first-order valence-corrected chi connectivity index (χ1v) is 13.0. The highest BCUT2D eigenvalue weighted by Gasteiger charge is 2.46. The minimum absolute atomic E-state index is 0.0436. The second kappa shape index (κ2) is 10.6. The molecule has 2 fully saturated rings. The summed E-state index contributed by atoms with van der Waals surface area (Å²) in [6, 6.07) is 1.68. The molecule has 0 aromatic carbocycles. The minimum Gasteiger partial charge on any atom is -0.390 e. The Balaban J connectivity index is 1.29. The van der Waals surface area contributed by atoms with Gasteiger partial charge in [-0.3, -0.25) is 4.79 Å². The summed E-state index contributed by atoms with van der Waals surface area (Å²) < 4.78 is 40.2. The number of amides is 1. The topological polar surface area (TPSA) is 141 Å². The lowest BCUT2D eigenvalue weighted by atomic mass is 10.0. The van der Waals surface area contributed by atoms with E-state index in [0.717, 1.165) is 18.7 Å². The molecule has 3 aromatic heterocycles. The molecule has 1 aliphatic carbocycles. The predicted molar refractivity (Wildman–Crippen MR) is 136 cm³/mol. The first-order chi connectivity index (χ1) is 18.6. The van der Waals surface area contributed by atoms with Crippen molar-refractivity contribution in [3.05, 3.63) is 36.5 Å². The summed E-state index contributed by atoms with van der Waals surface area (Å²) in [4.78, 5) is 31.7. The van der Waals surface area contributed by atoms with Crippen LogP contribution in [-0.2, 0) is 11.0 Å². The largest absolute Gasteiger partial charge is 0.417 e. The third kappa shape index (κ3) is 5.35. The van der Waals surface area contributed by atoms with Gasteiger partial charge in [0.1, 0.15) is 23.8 Å². The second-order valence-electron chi connectivity index (χ2n) is 10.2. The van der Waals surface area contributed by atoms with Crippen molar-refractivity contribution in [3.63, 3.8) is 0 Å². The average molecular weight is 549 g/mol. The van der Waals surface area contributed by atoms with Gasteiger partial charge in [-0.05, 0) is 38.3 Å². The van der Waals surface area contributed by atoms with Crippen molar-refractivity contribution in [3.8, 4) is 0 Å². The molecular formula is C25H31F3N8O3. The van der Waals surface area contributed by atoms with Crippen molar-refractivity contribution < 1.29 is 28.2 Å². The van der Waals surface area contributed by atoms with Crippen LogP contribution in [-0.4, -0.2) is 78.0 Å². The third-order valence-electron chi connectivity index (χ3n) is 7.63. The molecule has 3 aromatic rings. The van der Waals surface area contributed by atoms with Crippen LogP contribution in [0.5, 0.6) is 0 Å². The normalized spacial score (nSPS) is 26.2. The summed E-state index contributed by atoms with van der Waals surface area (Å²) in [5.74, 6) is -0.123. The van der Waals surface area contributed by atoms with Crippen molar-refractivity contribution in [1.29, 1.82) is 0 Å². The van der Waals surface area contributed by atoms with Crippen LogP contribution in [0.25, 0.3) is 11.2 Å². The Hall–Kier alpha value is -3.52. The fourth-order valence-corrected chi connectivity index (χ4v) is 5.22. The van der Waals surface area contributed by atoms with E-state index < -0.39 is 35.9 Å². The monoisotopic (exact) mass is 548 g/mol. The van der Waals surface area contributed by atoms with Gasteiger partial charge in [-0.1, -0.05) is 6.92 Å². The van der Waals surface area contributed by atoms with Crippen LogP contribution < -0.4 is 15.5 Å². The Labute approximate surface area is 222 Å². The molecule has 1 amide bonds. The summed E-state index contributed by atoms with van der Waals surface area (Å²) in [5.41, 5.74) is 0.130. The maximum absolute atomic E-state index is 12.9. The van der Waals surface area contributed by atoms with Gasteiger partial charge in [-0.25, -0.2) is 19.9 Å². The van der Waals surface area contributed by atoms with Gasteiger partial charge in [0.25, 0.3) is 0 Å². The summed E-state index contributed by atoms with van der Waals surface area (Å²) in [5, 5.41) is 27.6. The number of nitrogens with one attached hydrogen (secondary N) is 2. The standard InChI is InChI=1S/C25H31F3N8O3/c1-3-13(2)33-24(39)16-8-17(21(38)20(16)37)36-12-32-19-22(30-11-31-23(19)36)34-15-6-7-35(10-15)18-5-4-14(9-29-18)25(26,27)28/h4-5,9,11-13,15-17,20-21,37-38H,3,6-8,10H2,1-2H3,(H,33,39)(H,30,31,34)/t13-,15-,16-,17+,20+,21-/m0/s1. The van der Waals surface area contributed by atoms with Crippen LogP contribution in [0, 0.1) is 5.92 Å². The highest BCUT2D eigenvalue weighted by molar-refractivity contribution is 5.83. The predicted octanol–water partition coefficient (Wildman–Crippen LogP) is 2.13. The van der Waals surface area contributed by atoms with E-state index in [1.807, 2.05) is 18.7 Å². The fourth-order valence-electron chi connectivity index (χ4n) is 5.22. The van der Waals surface area contributed by atoms with Gasteiger partial charge in [-0.15, -0.1) is 0 Å². The van der Waals surface area contributed by atoms with Gasteiger partial charge in [-0.2, -0.15) is 13.2 Å². The van der Waals surface area contributed by atoms with Gasteiger partial charge in [0.05, 0.1) is 30.0 Å². The summed E-state index contributed by atoms with van der Waals surface area (Å²) in [6.07, 6.45) is -1.43. The average Bonchev–Trinajstić information content (AvgIpc) is 3.62. The van der Waals surface area contributed by atoms with Gasteiger partial charge in [0, 0.05) is 31.4 Å². The number of anilines is 2. The van der Waals surface area contributed by atoms with E-state index in [-0.39, 0.29) is 24.4 Å². The molecule has 6 atom stereocenters. The molecule has 4 heterocycles. The molecule has 0 bridgehead atoms. The van der Waals surface area contributed by atoms with E-state index >= 15 is 0 Å². The van der Waals surface area contributed by atoms with Crippen LogP contribution in [0.2, 0.25) is 0 Å². The number of pyridine rings is 1. The van der Waals surface area contributed by atoms with Crippen LogP contribution in [0.15, 0.2) is 31.0 Å². The number of aromatic nitrogens is 5. The number of nitrogens with zero attached hydrogens (tertiary/aromatic N) is 6. The van der Waals surface area contributed by atoms with Gasteiger partial charge in [0.2, 0.25) is 5.91 Å². The van der Waals surface area contributed by atoms with E-state index in [0.29, 0.717) is 42.3 Å². The number of hydrogen-bond donors (Lipinski definition) is 4. The highest BCUT2D eigenvalue weighted by Crippen LogP contribution is 2.38. The lowest BCUT2D eigenvalue weighted by Gasteiger charge is -2.19. The molecule has 0 unspecified atom stereocenters. The van der Waals surface area contributed by atoms with Crippen molar-refractivity contribution in [2.45, 2.75) is 69.6 Å². The van der Waals surface area contributed by atoms with Gasteiger partial charge in [0.15, 0.2) is 11.5 Å². The quantitative estimate of drug-likeness (QED) is 0.349. The second-order valence-corrected chi connectivity index (χ2v) is 10.2. The first kappa shape index (κ1) is 27.1. The maximum atomic E-state index is 12.9. The summed E-state index contributed by atoms with van der Waals surface area (Å²) >= 11 is 0. The van der Waals surface area contributed by atoms with Crippen molar-refractivity contribution in [1.82, 2.24) is 29.8 Å². The number of aliphatic hydroxyl groups is 2. The molecule has 14 heteroatoms. The zero-order chi connectivity index (χ0) is 27.9. The van der Waals surface area contributed by atoms with Gasteiger partial charge >= 0.3 is 6.18 Å².